The van der Waals surface area contributed by atoms with Crippen LogP contribution in [0.2, 0.25) is 13.1 Å². The number of hydrogen-bond donors (Lipinski definition) is 0. The molecule has 0 amide bonds. The zero-order valence-electron chi connectivity index (χ0n) is 7.97. The molecule has 0 aromatic carbocycles. The van der Waals surface area contributed by atoms with Crippen molar-refractivity contribution < 1.29 is 4.43 Å². The first-order valence-corrected chi connectivity index (χ1v) is 7.32. The second-order valence-corrected chi connectivity index (χ2v) is 5.43. The molecule has 0 aromatic heterocycles. The van der Waals surface area contributed by atoms with Gasteiger partial charge in [0.05, 0.1) is 6.61 Å². The van der Waals surface area contributed by atoms with Crippen LogP contribution in [-0.4, -0.2) is 15.6 Å². The normalized spacial score (nSPS) is 11.6. The zero-order chi connectivity index (χ0) is 8.53. The van der Waals surface area contributed by atoms with Gasteiger partial charge in [0.2, 0.25) is 0 Å². The minimum absolute atomic E-state index is 0.781. The lowest BCUT2D eigenvalue weighted by atomic mass is 10.2. The van der Waals surface area contributed by atoms with E-state index in [9.17, 15) is 0 Å². The molecule has 0 saturated carbocycles. The molecule has 0 atom stereocenters. The zero-order valence-corrected chi connectivity index (χ0v) is 9.12. The van der Waals surface area contributed by atoms with Gasteiger partial charge in [0.15, 0.2) is 9.04 Å². The third-order valence-corrected chi connectivity index (χ3v) is 2.28. The summed E-state index contributed by atoms with van der Waals surface area (Å²) in [7, 11) is -0.781. The van der Waals surface area contributed by atoms with Gasteiger partial charge in [0.25, 0.3) is 0 Å². The van der Waals surface area contributed by atoms with Crippen LogP contribution in [0.4, 0.5) is 0 Å². The summed E-state index contributed by atoms with van der Waals surface area (Å²) >= 11 is 0. The first-order chi connectivity index (χ1) is 5.27. The molecular weight excluding hydrogens is 152 g/mol. The molecule has 0 heterocycles. The van der Waals surface area contributed by atoms with Gasteiger partial charge in [-0.3, -0.25) is 0 Å². The SMILES string of the molecule is CCCCC=CCO[SiH](C)C. The van der Waals surface area contributed by atoms with Crippen molar-refractivity contribution in [2.45, 2.75) is 39.3 Å². The predicted molar refractivity (Wildman–Crippen MR) is 53.5 cm³/mol. The van der Waals surface area contributed by atoms with Crippen molar-refractivity contribution in [2.24, 2.45) is 0 Å². The highest BCUT2D eigenvalue weighted by molar-refractivity contribution is 6.48. The Labute approximate surface area is 72.2 Å². The summed E-state index contributed by atoms with van der Waals surface area (Å²) in [6, 6.07) is 0. The van der Waals surface area contributed by atoms with E-state index in [2.05, 4.69) is 32.2 Å². The molecule has 0 aliphatic heterocycles. The summed E-state index contributed by atoms with van der Waals surface area (Å²) in [5.74, 6) is 0. The van der Waals surface area contributed by atoms with Crippen LogP contribution < -0.4 is 0 Å². The lowest BCUT2D eigenvalue weighted by Gasteiger charge is -2.01. The monoisotopic (exact) mass is 172 g/mol. The van der Waals surface area contributed by atoms with E-state index in [1.807, 2.05) is 0 Å². The van der Waals surface area contributed by atoms with Gasteiger partial charge in [-0.25, -0.2) is 0 Å². The second kappa shape index (κ2) is 8.02. The summed E-state index contributed by atoms with van der Waals surface area (Å²) in [5, 5.41) is 0. The van der Waals surface area contributed by atoms with Crippen molar-refractivity contribution in [2.75, 3.05) is 6.61 Å². The average molecular weight is 172 g/mol. The standard InChI is InChI=1S/C9H20OSi/c1-4-5-6-7-8-9-10-11(2)3/h7-8,11H,4-6,9H2,1-3H3. The molecule has 66 valence electrons. The van der Waals surface area contributed by atoms with E-state index < -0.39 is 9.04 Å². The van der Waals surface area contributed by atoms with Gasteiger partial charge in [0.1, 0.15) is 0 Å². The van der Waals surface area contributed by atoms with Gasteiger partial charge < -0.3 is 4.43 Å². The molecule has 2 heteroatoms. The first-order valence-electron chi connectivity index (χ1n) is 4.54. The maximum absolute atomic E-state index is 5.47. The summed E-state index contributed by atoms with van der Waals surface area (Å²) in [4.78, 5) is 0. The largest absolute Gasteiger partial charge is 0.417 e. The van der Waals surface area contributed by atoms with Crippen molar-refractivity contribution in [1.82, 2.24) is 0 Å². The van der Waals surface area contributed by atoms with Crippen LogP contribution in [0, 0.1) is 0 Å². The van der Waals surface area contributed by atoms with Crippen LogP contribution in [0.3, 0.4) is 0 Å². The van der Waals surface area contributed by atoms with Crippen LogP contribution in [0.25, 0.3) is 0 Å². The Morgan fingerprint density at radius 1 is 1.27 bits per heavy atom. The Hall–Kier alpha value is -0.0831. The van der Waals surface area contributed by atoms with Gasteiger partial charge in [-0.1, -0.05) is 31.9 Å². The quantitative estimate of drug-likeness (QED) is 0.340. The summed E-state index contributed by atoms with van der Waals surface area (Å²) in [5.41, 5.74) is 0. The molecule has 0 radical (unpaired) electrons. The molecule has 0 N–H and O–H groups in total. The minimum Gasteiger partial charge on any atom is -0.417 e. The van der Waals surface area contributed by atoms with Crippen LogP contribution >= 0.6 is 0 Å². The van der Waals surface area contributed by atoms with Crippen molar-refractivity contribution in [3.05, 3.63) is 12.2 Å². The van der Waals surface area contributed by atoms with Crippen molar-refractivity contribution in [3.63, 3.8) is 0 Å². The first kappa shape index (κ1) is 10.9. The van der Waals surface area contributed by atoms with E-state index in [-0.39, 0.29) is 0 Å². The molecule has 0 unspecified atom stereocenters. The molecule has 0 bridgehead atoms. The van der Waals surface area contributed by atoms with Crippen molar-refractivity contribution in [3.8, 4) is 0 Å². The van der Waals surface area contributed by atoms with Gasteiger partial charge in [-0.15, -0.1) is 0 Å². The molecule has 0 rings (SSSR count). The van der Waals surface area contributed by atoms with Crippen LogP contribution in [0.1, 0.15) is 26.2 Å². The third-order valence-electron chi connectivity index (χ3n) is 1.42. The Balaban J connectivity index is 3.03. The van der Waals surface area contributed by atoms with E-state index in [0.29, 0.717) is 0 Å². The van der Waals surface area contributed by atoms with Gasteiger partial charge in [-0.05, 0) is 19.5 Å². The van der Waals surface area contributed by atoms with Crippen molar-refractivity contribution >= 4 is 9.04 Å². The molecule has 0 aliphatic carbocycles. The lowest BCUT2D eigenvalue weighted by Crippen LogP contribution is -2.06. The fourth-order valence-corrected chi connectivity index (χ4v) is 1.25. The van der Waals surface area contributed by atoms with E-state index in [1.165, 1.54) is 19.3 Å². The van der Waals surface area contributed by atoms with Crippen LogP contribution in [0.15, 0.2) is 12.2 Å². The minimum atomic E-state index is -0.781. The van der Waals surface area contributed by atoms with Crippen LogP contribution in [-0.2, 0) is 4.43 Å². The molecule has 1 nitrogen and oxygen atoms in total. The van der Waals surface area contributed by atoms with Gasteiger partial charge in [-0.2, -0.15) is 0 Å². The van der Waals surface area contributed by atoms with Crippen molar-refractivity contribution in [1.29, 1.82) is 0 Å². The Kier molecular flexibility index (Phi) is 7.96. The molecule has 0 fully saturated rings. The fraction of sp³-hybridized carbons (Fsp3) is 0.778. The lowest BCUT2D eigenvalue weighted by molar-refractivity contribution is 0.374. The molecular formula is C9H20OSi. The Bertz CT molecular complexity index is 99.7. The van der Waals surface area contributed by atoms with E-state index in [4.69, 9.17) is 4.43 Å². The molecule has 0 saturated heterocycles. The molecule has 11 heavy (non-hydrogen) atoms. The number of rotatable bonds is 6. The second-order valence-electron chi connectivity index (χ2n) is 3.00. The number of allylic oxidation sites excluding steroid dienone is 1. The van der Waals surface area contributed by atoms with E-state index in [1.54, 1.807) is 0 Å². The molecule has 0 aromatic rings. The summed E-state index contributed by atoms with van der Waals surface area (Å²) < 4.78 is 5.47. The highest BCUT2D eigenvalue weighted by Gasteiger charge is 1.90. The number of hydrogen-bond acceptors (Lipinski definition) is 1. The maximum atomic E-state index is 5.47. The Morgan fingerprint density at radius 2 is 2.00 bits per heavy atom. The summed E-state index contributed by atoms with van der Waals surface area (Å²) in [6.07, 6.45) is 8.15. The topological polar surface area (TPSA) is 9.23 Å². The molecule has 0 spiro atoms. The van der Waals surface area contributed by atoms with E-state index >= 15 is 0 Å². The average Bonchev–Trinajstić information content (AvgIpc) is 1.96. The summed E-state index contributed by atoms with van der Waals surface area (Å²) in [6.45, 7) is 7.43. The highest BCUT2D eigenvalue weighted by atomic mass is 28.3. The van der Waals surface area contributed by atoms with E-state index in [0.717, 1.165) is 6.61 Å². The Morgan fingerprint density at radius 3 is 2.55 bits per heavy atom. The highest BCUT2D eigenvalue weighted by Crippen LogP contribution is 1.94. The smallest absolute Gasteiger partial charge is 0.171 e. The number of unbranched alkanes of at least 4 members (excludes halogenated alkanes) is 2. The third kappa shape index (κ3) is 9.92. The molecule has 0 aliphatic rings. The van der Waals surface area contributed by atoms with Crippen LogP contribution in [0.5, 0.6) is 0 Å². The van der Waals surface area contributed by atoms with Gasteiger partial charge >= 0.3 is 0 Å². The fourth-order valence-electron chi connectivity index (χ4n) is 0.756. The maximum Gasteiger partial charge on any atom is 0.171 e. The van der Waals surface area contributed by atoms with Gasteiger partial charge in [0, 0.05) is 0 Å². The predicted octanol–water partition coefficient (Wildman–Crippen LogP) is 2.73.